The molecule has 0 unspecified atom stereocenters. The zero-order chi connectivity index (χ0) is 12.4. The number of hydrogen-bond donors (Lipinski definition) is 1. The average molecular weight is 235 g/mol. The van der Waals surface area contributed by atoms with E-state index in [9.17, 15) is 14.4 Å². The summed E-state index contributed by atoms with van der Waals surface area (Å²) in [5, 5.41) is 1.91. The van der Waals surface area contributed by atoms with Gasteiger partial charge in [0.2, 0.25) is 5.88 Å². The number of ether oxygens (including phenoxy) is 1. The van der Waals surface area contributed by atoms with E-state index in [4.69, 9.17) is 4.74 Å². The van der Waals surface area contributed by atoms with Crippen LogP contribution in [0.2, 0.25) is 0 Å². The molecule has 0 saturated carbocycles. The van der Waals surface area contributed by atoms with Gasteiger partial charge in [0.15, 0.2) is 0 Å². The largest absolute Gasteiger partial charge is 0.481 e. The maximum Gasteiger partial charge on any atom is 0.331 e. The van der Waals surface area contributed by atoms with Crippen molar-refractivity contribution in [3.05, 3.63) is 23.9 Å². The molecule has 0 radical (unpaired) electrons. The molecule has 0 bridgehead atoms. The minimum absolute atomic E-state index is 0.00734. The summed E-state index contributed by atoms with van der Waals surface area (Å²) < 4.78 is 4.87. The van der Waals surface area contributed by atoms with Crippen molar-refractivity contribution in [3.8, 4) is 5.88 Å². The number of amides is 4. The molecule has 0 spiro atoms. The van der Waals surface area contributed by atoms with Crippen LogP contribution in [0.5, 0.6) is 5.88 Å². The summed E-state index contributed by atoms with van der Waals surface area (Å²) in [5.74, 6) is -1.33. The number of carbonyl (C=O) groups excluding carboxylic acids is 3. The first-order chi connectivity index (χ1) is 8.11. The summed E-state index contributed by atoms with van der Waals surface area (Å²) in [5.41, 5.74) is 0.629. The highest BCUT2D eigenvalue weighted by Crippen LogP contribution is 2.11. The number of hydrogen-bond acceptors (Lipinski definition) is 5. The van der Waals surface area contributed by atoms with Gasteiger partial charge in [0, 0.05) is 12.3 Å². The molecule has 1 fully saturated rings. The van der Waals surface area contributed by atoms with Gasteiger partial charge in [-0.3, -0.25) is 19.8 Å². The van der Waals surface area contributed by atoms with Gasteiger partial charge in [-0.15, -0.1) is 0 Å². The van der Waals surface area contributed by atoms with Crippen LogP contribution < -0.4 is 10.1 Å². The molecule has 0 atom stereocenters. The van der Waals surface area contributed by atoms with Crippen molar-refractivity contribution >= 4 is 17.8 Å². The van der Waals surface area contributed by atoms with Gasteiger partial charge in [0.05, 0.1) is 13.7 Å². The fourth-order valence-corrected chi connectivity index (χ4v) is 1.38. The second kappa shape index (κ2) is 4.20. The molecule has 0 aliphatic carbocycles. The first kappa shape index (κ1) is 11.1. The van der Waals surface area contributed by atoms with Crippen LogP contribution in [-0.4, -0.2) is 34.8 Å². The van der Waals surface area contributed by atoms with Crippen molar-refractivity contribution in [2.24, 2.45) is 0 Å². The second-order valence-electron chi connectivity index (χ2n) is 3.36. The number of aromatic nitrogens is 1. The predicted molar refractivity (Wildman–Crippen MR) is 54.9 cm³/mol. The molecule has 88 valence electrons. The normalized spacial score (nSPS) is 15.1. The van der Waals surface area contributed by atoms with Gasteiger partial charge in [-0.05, 0) is 5.56 Å². The van der Waals surface area contributed by atoms with Crippen LogP contribution in [0.4, 0.5) is 4.79 Å². The van der Waals surface area contributed by atoms with Gasteiger partial charge in [-0.25, -0.2) is 9.78 Å². The van der Waals surface area contributed by atoms with Crippen molar-refractivity contribution in [2.45, 2.75) is 6.54 Å². The third-order valence-corrected chi connectivity index (χ3v) is 2.25. The molecule has 0 aromatic carbocycles. The number of imide groups is 2. The minimum Gasteiger partial charge on any atom is -0.481 e. The highest BCUT2D eigenvalue weighted by Gasteiger charge is 2.36. The lowest BCUT2D eigenvalue weighted by atomic mass is 10.2. The van der Waals surface area contributed by atoms with Crippen LogP contribution in [0.25, 0.3) is 0 Å². The summed E-state index contributed by atoms with van der Waals surface area (Å²) in [6.45, 7) is 0.00734. The zero-order valence-corrected chi connectivity index (χ0v) is 8.97. The predicted octanol–water partition coefficient (Wildman–Crippen LogP) is -0.331. The van der Waals surface area contributed by atoms with Crippen molar-refractivity contribution in [1.82, 2.24) is 15.2 Å². The van der Waals surface area contributed by atoms with Gasteiger partial charge >= 0.3 is 17.8 Å². The SMILES string of the molecule is COc1ccc(CN2C(=O)NC(=O)C2=O)cn1. The number of nitrogens with zero attached hydrogens (tertiary/aromatic N) is 2. The van der Waals surface area contributed by atoms with Crippen LogP contribution in [0.3, 0.4) is 0 Å². The molecule has 1 aliphatic rings. The molecule has 1 saturated heterocycles. The van der Waals surface area contributed by atoms with E-state index in [1.165, 1.54) is 13.3 Å². The van der Waals surface area contributed by atoms with Gasteiger partial charge < -0.3 is 4.74 Å². The van der Waals surface area contributed by atoms with Crippen LogP contribution in [-0.2, 0) is 16.1 Å². The summed E-state index contributed by atoms with van der Waals surface area (Å²) in [4.78, 5) is 38.2. The van der Waals surface area contributed by atoms with Crippen LogP contribution in [0, 0.1) is 0 Å². The van der Waals surface area contributed by atoms with Crippen molar-refractivity contribution in [1.29, 1.82) is 0 Å². The van der Waals surface area contributed by atoms with E-state index >= 15 is 0 Å². The molecule has 4 amide bonds. The van der Waals surface area contributed by atoms with E-state index in [1.807, 2.05) is 5.32 Å². The smallest absolute Gasteiger partial charge is 0.331 e. The monoisotopic (exact) mass is 235 g/mol. The highest BCUT2D eigenvalue weighted by atomic mass is 16.5. The van der Waals surface area contributed by atoms with Gasteiger partial charge in [-0.1, -0.05) is 6.07 Å². The van der Waals surface area contributed by atoms with Crippen LogP contribution in [0.1, 0.15) is 5.56 Å². The van der Waals surface area contributed by atoms with Gasteiger partial charge in [0.1, 0.15) is 0 Å². The Morgan fingerprint density at radius 1 is 1.35 bits per heavy atom. The fourth-order valence-electron chi connectivity index (χ4n) is 1.38. The van der Waals surface area contributed by atoms with Gasteiger partial charge in [0.25, 0.3) is 0 Å². The molecule has 1 aromatic rings. The Morgan fingerprint density at radius 3 is 2.59 bits per heavy atom. The van der Waals surface area contributed by atoms with E-state index in [-0.39, 0.29) is 6.54 Å². The number of pyridine rings is 1. The highest BCUT2D eigenvalue weighted by molar-refractivity contribution is 6.44. The Morgan fingerprint density at radius 2 is 2.12 bits per heavy atom. The van der Waals surface area contributed by atoms with E-state index in [2.05, 4.69) is 4.98 Å². The molecular weight excluding hydrogens is 226 g/mol. The van der Waals surface area contributed by atoms with Crippen molar-refractivity contribution in [3.63, 3.8) is 0 Å². The Balaban J connectivity index is 2.12. The number of carbonyl (C=O) groups is 3. The summed E-state index contributed by atoms with van der Waals surface area (Å²) >= 11 is 0. The first-order valence-electron chi connectivity index (χ1n) is 4.77. The van der Waals surface area contributed by atoms with Crippen LogP contribution >= 0.6 is 0 Å². The van der Waals surface area contributed by atoms with E-state index in [0.717, 1.165) is 4.90 Å². The number of rotatable bonds is 3. The first-order valence-corrected chi connectivity index (χ1v) is 4.77. The quantitative estimate of drug-likeness (QED) is 0.572. The summed E-state index contributed by atoms with van der Waals surface area (Å²) in [7, 11) is 1.48. The average Bonchev–Trinajstić information content (AvgIpc) is 2.57. The zero-order valence-electron chi connectivity index (χ0n) is 8.97. The molecular formula is C10H9N3O4. The Hall–Kier alpha value is -2.44. The molecule has 7 heteroatoms. The Labute approximate surface area is 96.4 Å². The number of methoxy groups -OCH3 is 1. The van der Waals surface area contributed by atoms with E-state index < -0.39 is 17.8 Å². The standard InChI is InChI=1S/C10H9N3O4/c1-17-7-3-2-6(4-11-7)5-13-9(15)8(14)12-10(13)16/h2-4H,5H2,1H3,(H,12,14,16). The lowest BCUT2D eigenvalue weighted by Gasteiger charge is -2.10. The van der Waals surface area contributed by atoms with E-state index in [1.54, 1.807) is 12.1 Å². The third kappa shape index (κ3) is 2.07. The van der Waals surface area contributed by atoms with E-state index in [0.29, 0.717) is 11.4 Å². The topological polar surface area (TPSA) is 88.6 Å². The Kier molecular flexibility index (Phi) is 2.73. The summed E-state index contributed by atoms with van der Waals surface area (Å²) in [6.07, 6.45) is 1.47. The molecule has 1 aliphatic heterocycles. The maximum absolute atomic E-state index is 11.3. The van der Waals surface area contributed by atoms with Gasteiger partial charge in [-0.2, -0.15) is 0 Å². The summed E-state index contributed by atoms with van der Waals surface area (Å²) in [6, 6.07) is 2.56. The molecule has 7 nitrogen and oxygen atoms in total. The van der Waals surface area contributed by atoms with Crippen molar-refractivity contribution in [2.75, 3.05) is 7.11 Å². The van der Waals surface area contributed by atoms with Crippen molar-refractivity contribution < 1.29 is 19.1 Å². The number of nitrogens with one attached hydrogen (secondary N) is 1. The molecule has 1 aromatic heterocycles. The second-order valence-corrected chi connectivity index (χ2v) is 3.36. The molecule has 17 heavy (non-hydrogen) atoms. The minimum atomic E-state index is -0.906. The number of urea groups is 1. The Bertz CT molecular complexity index is 483. The maximum atomic E-state index is 11.3. The molecule has 2 heterocycles. The fraction of sp³-hybridized carbons (Fsp3) is 0.200. The molecule has 1 N–H and O–H groups in total. The lowest BCUT2D eigenvalue weighted by Crippen LogP contribution is -2.30. The lowest BCUT2D eigenvalue weighted by molar-refractivity contribution is -0.140. The third-order valence-electron chi connectivity index (χ3n) is 2.25. The van der Waals surface area contributed by atoms with Crippen LogP contribution in [0.15, 0.2) is 18.3 Å². The molecule has 2 rings (SSSR count).